The highest BCUT2D eigenvalue weighted by atomic mass is 16.2. The Balaban J connectivity index is 1.63. The second-order valence-corrected chi connectivity index (χ2v) is 7.42. The second-order valence-electron chi connectivity index (χ2n) is 7.42. The fourth-order valence-electron chi connectivity index (χ4n) is 3.78. The average molecular weight is 374 g/mol. The molecule has 1 aromatic heterocycles. The van der Waals surface area contributed by atoms with E-state index in [1.165, 1.54) is 16.8 Å². The fraction of sp³-hybridized carbons (Fsp3) is 0.304. The van der Waals surface area contributed by atoms with Crippen LogP contribution in [-0.2, 0) is 30.7 Å². The normalized spacial score (nSPS) is 13.3. The van der Waals surface area contributed by atoms with Crippen molar-refractivity contribution in [1.82, 2.24) is 14.7 Å². The SMILES string of the molecule is CC(=O)N1CCc2c(c(Nc3cccc(C)c3)nn2CCc2ccccc2)C1. The highest BCUT2D eigenvalue weighted by Crippen LogP contribution is 2.29. The summed E-state index contributed by atoms with van der Waals surface area (Å²) < 4.78 is 2.12. The predicted molar refractivity (Wildman–Crippen MR) is 112 cm³/mol. The maximum absolute atomic E-state index is 11.9. The molecule has 0 aliphatic carbocycles. The fourth-order valence-corrected chi connectivity index (χ4v) is 3.78. The number of nitrogens with zero attached hydrogens (tertiary/aromatic N) is 3. The highest BCUT2D eigenvalue weighted by Gasteiger charge is 2.26. The number of benzene rings is 2. The minimum absolute atomic E-state index is 0.115. The minimum Gasteiger partial charge on any atom is -0.338 e. The molecule has 0 atom stereocenters. The van der Waals surface area contributed by atoms with E-state index in [1.54, 1.807) is 6.92 Å². The van der Waals surface area contributed by atoms with E-state index in [1.807, 2.05) is 23.1 Å². The summed E-state index contributed by atoms with van der Waals surface area (Å²) in [6.07, 6.45) is 1.78. The molecule has 4 rings (SSSR count). The molecule has 0 bridgehead atoms. The van der Waals surface area contributed by atoms with Crippen molar-refractivity contribution in [1.29, 1.82) is 0 Å². The number of fused-ring (bicyclic) bond motifs is 1. The molecule has 2 heterocycles. The van der Waals surface area contributed by atoms with Crippen molar-refractivity contribution in [3.63, 3.8) is 0 Å². The number of carbonyl (C=O) groups is 1. The van der Waals surface area contributed by atoms with Gasteiger partial charge in [-0.1, -0.05) is 42.5 Å². The molecule has 0 spiro atoms. The van der Waals surface area contributed by atoms with Gasteiger partial charge in [-0.05, 0) is 36.6 Å². The maximum atomic E-state index is 11.9. The zero-order chi connectivity index (χ0) is 19.5. The summed E-state index contributed by atoms with van der Waals surface area (Å²) in [6.45, 7) is 5.92. The van der Waals surface area contributed by atoms with E-state index in [-0.39, 0.29) is 5.91 Å². The van der Waals surface area contributed by atoms with E-state index in [4.69, 9.17) is 5.10 Å². The summed E-state index contributed by atoms with van der Waals surface area (Å²) in [7, 11) is 0. The lowest BCUT2D eigenvalue weighted by Gasteiger charge is -2.26. The Morgan fingerprint density at radius 2 is 1.96 bits per heavy atom. The highest BCUT2D eigenvalue weighted by molar-refractivity contribution is 5.74. The van der Waals surface area contributed by atoms with Gasteiger partial charge in [0.05, 0.1) is 6.54 Å². The van der Waals surface area contributed by atoms with Gasteiger partial charge < -0.3 is 10.2 Å². The van der Waals surface area contributed by atoms with Gasteiger partial charge in [0.25, 0.3) is 0 Å². The lowest BCUT2D eigenvalue weighted by atomic mass is 10.1. The molecule has 144 valence electrons. The molecule has 1 aliphatic rings. The Morgan fingerprint density at radius 3 is 2.71 bits per heavy atom. The van der Waals surface area contributed by atoms with Crippen molar-refractivity contribution < 1.29 is 4.79 Å². The molecule has 1 amide bonds. The smallest absolute Gasteiger partial charge is 0.219 e. The quantitative estimate of drug-likeness (QED) is 0.732. The van der Waals surface area contributed by atoms with Crippen LogP contribution >= 0.6 is 0 Å². The second kappa shape index (κ2) is 7.89. The topological polar surface area (TPSA) is 50.2 Å². The Labute approximate surface area is 166 Å². The zero-order valence-corrected chi connectivity index (χ0v) is 16.5. The number of aromatic nitrogens is 2. The van der Waals surface area contributed by atoms with E-state index in [0.29, 0.717) is 6.54 Å². The van der Waals surface area contributed by atoms with Crippen molar-refractivity contribution in [2.24, 2.45) is 0 Å². The van der Waals surface area contributed by atoms with Gasteiger partial charge in [-0.2, -0.15) is 5.10 Å². The third-order valence-corrected chi connectivity index (χ3v) is 5.32. The van der Waals surface area contributed by atoms with Crippen LogP contribution in [0.1, 0.15) is 29.3 Å². The third-order valence-electron chi connectivity index (χ3n) is 5.32. The van der Waals surface area contributed by atoms with E-state index >= 15 is 0 Å². The third kappa shape index (κ3) is 3.93. The maximum Gasteiger partial charge on any atom is 0.219 e. The zero-order valence-electron chi connectivity index (χ0n) is 16.5. The predicted octanol–water partition coefficient (Wildman–Crippen LogP) is 4.08. The molecular formula is C23H26N4O. The minimum atomic E-state index is 0.115. The Kier molecular flexibility index (Phi) is 5.15. The molecule has 0 saturated carbocycles. The summed E-state index contributed by atoms with van der Waals surface area (Å²) >= 11 is 0. The van der Waals surface area contributed by atoms with Gasteiger partial charge in [-0.3, -0.25) is 9.48 Å². The Bertz CT molecular complexity index is 978. The number of carbonyl (C=O) groups excluding carboxylic acids is 1. The number of hydrogen-bond acceptors (Lipinski definition) is 3. The van der Waals surface area contributed by atoms with Crippen molar-refractivity contribution >= 4 is 17.4 Å². The first kappa shape index (κ1) is 18.3. The number of hydrogen-bond donors (Lipinski definition) is 1. The molecule has 3 aromatic rings. The van der Waals surface area contributed by atoms with E-state index < -0.39 is 0 Å². The summed E-state index contributed by atoms with van der Waals surface area (Å²) in [5, 5.41) is 8.37. The van der Waals surface area contributed by atoms with Gasteiger partial charge in [0, 0.05) is 43.4 Å². The van der Waals surface area contributed by atoms with Gasteiger partial charge in [-0.25, -0.2) is 0 Å². The molecular weight excluding hydrogens is 348 g/mol. The Morgan fingerprint density at radius 1 is 1.14 bits per heavy atom. The molecule has 0 unspecified atom stereocenters. The van der Waals surface area contributed by atoms with Crippen LogP contribution in [-0.4, -0.2) is 27.1 Å². The van der Waals surface area contributed by atoms with E-state index in [0.717, 1.165) is 43.0 Å². The first-order valence-corrected chi connectivity index (χ1v) is 9.82. The molecule has 0 saturated heterocycles. The molecule has 5 heteroatoms. The van der Waals surface area contributed by atoms with Crippen molar-refractivity contribution in [2.45, 2.75) is 39.8 Å². The van der Waals surface area contributed by atoms with Gasteiger partial charge in [0.15, 0.2) is 5.82 Å². The number of rotatable bonds is 5. The number of anilines is 2. The molecule has 1 aliphatic heterocycles. The van der Waals surface area contributed by atoms with Crippen LogP contribution in [0.5, 0.6) is 0 Å². The van der Waals surface area contributed by atoms with Crippen molar-refractivity contribution in [3.05, 3.63) is 77.0 Å². The monoisotopic (exact) mass is 374 g/mol. The van der Waals surface area contributed by atoms with Gasteiger partial charge >= 0.3 is 0 Å². The molecule has 0 fully saturated rings. The number of aryl methyl sites for hydroxylation is 3. The lowest BCUT2D eigenvalue weighted by Crippen LogP contribution is -2.34. The van der Waals surface area contributed by atoms with Crippen molar-refractivity contribution in [3.8, 4) is 0 Å². The van der Waals surface area contributed by atoms with Crippen LogP contribution in [0.3, 0.4) is 0 Å². The number of nitrogens with one attached hydrogen (secondary N) is 1. The Hall–Kier alpha value is -3.08. The standard InChI is InChI=1S/C23H26N4O/c1-17-7-6-10-20(15-17)24-23-21-16-26(18(2)28)13-12-22(21)27(25-23)14-11-19-8-4-3-5-9-19/h3-10,15H,11-14,16H2,1-2H3,(H,24,25). The van der Waals surface area contributed by atoms with E-state index in [9.17, 15) is 4.79 Å². The largest absolute Gasteiger partial charge is 0.338 e. The molecule has 5 nitrogen and oxygen atoms in total. The first-order chi connectivity index (χ1) is 13.6. The van der Waals surface area contributed by atoms with E-state index in [2.05, 4.69) is 53.3 Å². The molecule has 28 heavy (non-hydrogen) atoms. The summed E-state index contributed by atoms with van der Waals surface area (Å²) in [5.74, 6) is 0.976. The molecule has 1 N–H and O–H groups in total. The van der Waals surface area contributed by atoms with Crippen LogP contribution < -0.4 is 5.32 Å². The average Bonchev–Trinajstić information content (AvgIpc) is 3.04. The summed E-state index contributed by atoms with van der Waals surface area (Å²) in [6, 6.07) is 18.8. The van der Waals surface area contributed by atoms with Gasteiger partial charge in [0.2, 0.25) is 5.91 Å². The summed E-state index contributed by atoms with van der Waals surface area (Å²) in [4.78, 5) is 13.8. The molecule has 0 radical (unpaired) electrons. The number of amides is 1. The molecule has 2 aromatic carbocycles. The van der Waals surface area contributed by atoms with Gasteiger partial charge in [-0.15, -0.1) is 0 Å². The van der Waals surface area contributed by atoms with Crippen LogP contribution in [0, 0.1) is 6.92 Å². The van der Waals surface area contributed by atoms with Crippen LogP contribution in [0.4, 0.5) is 11.5 Å². The van der Waals surface area contributed by atoms with Gasteiger partial charge in [0.1, 0.15) is 0 Å². The van der Waals surface area contributed by atoms with Crippen LogP contribution in [0.15, 0.2) is 54.6 Å². The summed E-state index contributed by atoms with van der Waals surface area (Å²) in [5.41, 5.74) is 5.91. The first-order valence-electron chi connectivity index (χ1n) is 9.82. The van der Waals surface area contributed by atoms with Crippen LogP contribution in [0.25, 0.3) is 0 Å². The van der Waals surface area contributed by atoms with Crippen LogP contribution in [0.2, 0.25) is 0 Å². The lowest BCUT2D eigenvalue weighted by molar-refractivity contribution is -0.129. The van der Waals surface area contributed by atoms with Crippen molar-refractivity contribution in [2.75, 3.05) is 11.9 Å².